The average molecular weight is 277 g/mol. The number of hydrogen-bond donors (Lipinski definition) is 2. The summed E-state index contributed by atoms with van der Waals surface area (Å²) >= 11 is 0. The lowest BCUT2D eigenvalue weighted by atomic mass is 10.1. The molecule has 2 rings (SSSR count). The second-order valence-electron chi connectivity index (χ2n) is 4.96. The van der Waals surface area contributed by atoms with Crippen molar-refractivity contribution in [2.24, 2.45) is 11.5 Å². The summed E-state index contributed by atoms with van der Waals surface area (Å²) in [5.74, 6) is -0.683. The maximum atomic E-state index is 12.4. The van der Waals surface area contributed by atoms with E-state index in [2.05, 4.69) is 0 Å². The number of amides is 2. The Morgan fingerprint density at radius 1 is 1.40 bits per heavy atom. The lowest BCUT2D eigenvalue weighted by Gasteiger charge is -2.34. The van der Waals surface area contributed by atoms with Crippen LogP contribution < -0.4 is 11.5 Å². The molecule has 6 heteroatoms. The van der Waals surface area contributed by atoms with Gasteiger partial charge < -0.3 is 21.1 Å². The summed E-state index contributed by atoms with van der Waals surface area (Å²) in [6.07, 6.45) is -0.160. The third kappa shape index (κ3) is 3.15. The number of primary amides is 1. The molecule has 2 unspecified atom stereocenters. The molecule has 1 aliphatic rings. The van der Waals surface area contributed by atoms with Crippen LogP contribution in [0, 0.1) is 0 Å². The van der Waals surface area contributed by atoms with Crippen molar-refractivity contribution in [3.8, 4) is 0 Å². The zero-order valence-electron chi connectivity index (χ0n) is 11.4. The summed E-state index contributed by atoms with van der Waals surface area (Å²) in [4.78, 5) is 25.3. The fraction of sp³-hybridized carbons (Fsp3) is 0.429. The van der Waals surface area contributed by atoms with E-state index in [9.17, 15) is 9.59 Å². The van der Waals surface area contributed by atoms with Gasteiger partial charge in [-0.2, -0.15) is 0 Å². The van der Waals surface area contributed by atoms with Crippen LogP contribution in [0.4, 0.5) is 0 Å². The minimum Gasteiger partial charge on any atom is -0.373 e. The van der Waals surface area contributed by atoms with Crippen molar-refractivity contribution in [3.05, 3.63) is 35.4 Å². The molecule has 20 heavy (non-hydrogen) atoms. The van der Waals surface area contributed by atoms with E-state index in [4.69, 9.17) is 16.2 Å². The molecule has 0 radical (unpaired) electrons. The van der Waals surface area contributed by atoms with Gasteiger partial charge in [-0.1, -0.05) is 6.07 Å². The smallest absolute Gasteiger partial charge is 0.254 e. The highest BCUT2D eigenvalue weighted by Crippen LogP contribution is 2.13. The largest absolute Gasteiger partial charge is 0.373 e. The first-order valence-electron chi connectivity index (χ1n) is 6.55. The molecule has 2 atom stereocenters. The van der Waals surface area contributed by atoms with Gasteiger partial charge in [0.15, 0.2) is 0 Å². The van der Waals surface area contributed by atoms with E-state index >= 15 is 0 Å². The molecule has 4 N–H and O–H groups in total. The number of nitrogens with two attached hydrogens (primary N) is 2. The highest BCUT2D eigenvalue weighted by atomic mass is 16.5. The predicted molar refractivity (Wildman–Crippen MR) is 74.3 cm³/mol. The third-order valence-corrected chi connectivity index (χ3v) is 3.36. The van der Waals surface area contributed by atoms with Gasteiger partial charge in [0.25, 0.3) is 5.91 Å². The quantitative estimate of drug-likeness (QED) is 0.810. The molecule has 1 aromatic rings. The number of hydrogen-bond acceptors (Lipinski definition) is 4. The summed E-state index contributed by atoms with van der Waals surface area (Å²) in [6, 6.07) is 6.29. The second kappa shape index (κ2) is 6.02. The lowest BCUT2D eigenvalue weighted by Crippen LogP contribution is -2.51. The van der Waals surface area contributed by atoms with Crippen molar-refractivity contribution < 1.29 is 14.3 Å². The Kier molecular flexibility index (Phi) is 4.36. The van der Waals surface area contributed by atoms with E-state index < -0.39 is 5.91 Å². The molecule has 1 saturated heterocycles. The zero-order valence-corrected chi connectivity index (χ0v) is 11.4. The van der Waals surface area contributed by atoms with E-state index in [1.54, 1.807) is 23.1 Å². The van der Waals surface area contributed by atoms with Crippen LogP contribution in [0.2, 0.25) is 0 Å². The fourth-order valence-corrected chi connectivity index (χ4v) is 2.17. The minimum absolute atomic E-state index is 0.137. The average Bonchev–Trinajstić information content (AvgIpc) is 2.46. The van der Waals surface area contributed by atoms with Crippen LogP contribution in [-0.4, -0.2) is 48.6 Å². The summed E-state index contributed by atoms with van der Waals surface area (Å²) in [5.41, 5.74) is 11.8. The number of carbonyl (C=O) groups excluding carboxylic acids is 2. The number of ether oxygens (including phenoxy) is 1. The van der Waals surface area contributed by atoms with Gasteiger partial charge in [0, 0.05) is 30.3 Å². The molecule has 6 nitrogen and oxygen atoms in total. The lowest BCUT2D eigenvalue weighted by molar-refractivity contribution is -0.0300. The van der Waals surface area contributed by atoms with Crippen LogP contribution >= 0.6 is 0 Å². The van der Waals surface area contributed by atoms with Crippen molar-refractivity contribution in [3.63, 3.8) is 0 Å². The number of benzene rings is 1. The van der Waals surface area contributed by atoms with Crippen molar-refractivity contribution in [1.29, 1.82) is 0 Å². The Morgan fingerprint density at radius 2 is 2.10 bits per heavy atom. The standard InChI is InChI=1S/C14H19N3O3/c1-9(15)12-8-17(5-6-20-12)14(19)11-4-2-3-10(7-11)13(16)18/h2-4,7,9,12H,5-6,8,15H2,1H3,(H2,16,18). The third-order valence-electron chi connectivity index (χ3n) is 3.36. The van der Waals surface area contributed by atoms with Gasteiger partial charge in [0.1, 0.15) is 0 Å². The Morgan fingerprint density at radius 3 is 2.75 bits per heavy atom. The normalized spacial score (nSPS) is 20.5. The van der Waals surface area contributed by atoms with Crippen LogP contribution in [-0.2, 0) is 4.74 Å². The van der Waals surface area contributed by atoms with Gasteiger partial charge >= 0.3 is 0 Å². The highest BCUT2D eigenvalue weighted by Gasteiger charge is 2.27. The topological polar surface area (TPSA) is 98.6 Å². The van der Waals surface area contributed by atoms with Gasteiger partial charge in [-0.3, -0.25) is 9.59 Å². The molecule has 1 aromatic carbocycles. The number of carbonyl (C=O) groups is 2. The Bertz CT molecular complexity index is 516. The van der Waals surface area contributed by atoms with Crippen molar-refractivity contribution in [2.45, 2.75) is 19.1 Å². The zero-order chi connectivity index (χ0) is 14.7. The first kappa shape index (κ1) is 14.5. The molecule has 0 spiro atoms. The molecule has 1 aliphatic heterocycles. The Labute approximate surface area is 117 Å². The highest BCUT2D eigenvalue weighted by molar-refractivity contribution is 5.99. The fourth-order valence-electron chi connectivity index (χ4n) is 2.17. The Hall–Kier alpha value is -1.92. The Balaban J connectivity index is 2.14. The van der Waals surface area contributed by atoms with E-state index in [1.807, 2.05) is 6.92 Å². The van der Waals surface area contributed by atoms with Gasteiger partial charge in [-0.15, -0.1) is 0 Å². The van der Waals surface area contributed by atoms with Crippen LogP contribution in [0.5, 0.6) is 0 Å². The first-order valence-corrected chi connectivity index (χ1v) is 6.55. The summed E-state index contributed by atoms with van der Waals surface area (Å²) < 4.78 is 5.52. The van der Waals surface area contributed by atoms with Crippen LogP contribution in [0.15, 0.2) is 24.3 Å². The maximum Gasteiger partial charge on any atom is 0.254 e. The molecule has 0 aliphatic carbocycles. The van der Waals surface area contributed by atoms with Crippen LogP contribution in [0.1, 0.15) is 27.6 Å². The number of nitrogens with zero attached hydrogens (tertiary/aromatic N) is 1. The maximum absolute atomic E-state index is 12.4. The summed E-state index contributed by atoms with van der Waals surface area (Å²) in [7, 11) is 0. The van der Waals surface area contributed by atoms with Crippen molar-refractivity contribution in [1.82, 2.24) is 4.90 Å². The predicted octanol–water partition coefficient (Wildman–Crippen LogP) is -0.0263. The molecule has 108 valence electrons. The van der Waals surface area contributed by atoms with E-state index in [1.165, 1.54) is 6.07 Å². The molecular weight excluding hydrogens is 258 g/mol. The van der Waals surface area contributed by atoms with Crippen LogP contribution in [0.25, 0.3) is 0 Å². The molecular formula is C14H19N3O3. The van der Waals surface area contributed by atoms with Gasteiger partial charge in [0.2, 0.25) is 5.91 Å². The first-order chi connectivity index (χ1) is 9.49. The molecule has 2 amide bonds. The molecule has 1 fully saturated rings. The van der Waals surface area contributed by atoms with Gasteiger partial charge in [0.05, 0.1) is 12.7 Å². The summed E-state index contributed by atoms with van der Waals surface area (Å²) in [6.45, 7) is 3.29. The van der Waals surface area contributed by atoms with Crippen molar-refractivity contribution in [2.75, 3.05) is 19.7 Å². The number of rotatable bonds is 3. The van der Waals surface area contributed by atoms with Gasteiger partial charge in [-0.05, 0) is 25.1 Å². The molecule has 0 bridgehead atoms. The molecule has 0 saturated carbocycles. The summed E-state index contributed by atoms with van der Waals surface area (Å²) in [5, 5.41) is 0. The number of morpholine rings is 1. The van der Waals surface area contributed by atoms with Gasteiger partial charge in [-0.25, -0.2) is 0 Å². The minimum atomic E-state index is -0.546. The van der Waals surface area contributed by atoms with E-state index in [0.29, 0.717) is 30.8 Å². The monoisotopic (exact) mass is 277 g/mol. The molecule has 0 aromatic heterocycles. The SMILES string of the molecule is CC(N)C1CN(C(=O)c2cccc(C(N)=O)c2)CCO1. The van der Waals surface area contributed by atoms with Crippen molar-refractivity contribution >= 4 is 11.8 Å². The molecule has 1 heterocycles. The van der Waals surface area contributed by atoms with E-state index in [-0.39, 0.29) is 18.1 Å². The van der Waals surface area contributed by atoms with E-state index in [0.717, 1.165) is 0 Å². The second-order valence-corrected chi connectivity index (χ2v) is 4.96. The van der Waals surface area contributed by atoms with Crippen LogP contribution in [0.3, 0.4) is 0 Å².